The van der Waals surface area contributed by atoms with Crippen LogP contribution in [0.3, 0.4) is 0 Å². The maximum atomic E-state index is 12.7. The fourth-order valence-corrected chi connectivity index (χ4v) is 4.93. The van der Waals surface area contributed by atoms with E-state index >= 15 is 0 Å². The topological polar surface area (TPSA) is 129 Å². The minimum absolute atomic E-state index is 0.0111. The molecule has 1 aromatic carbocycles. The number of carbonyl (C=O) groups is 3. The summed E-state index contributed by atoms with van der Waals surface area (Å²) >= 11 is 1.13. The van der Waals surface area contributed by atoms with Crippen LogP contribution in [-0.4, -0.2) is 63.4 Å². The molecule has 5 rings (SSSR count). The number of aliphatic imine (C=N–C) groups is 1. The molecule has 1 saturated heterocycles. The molecule has 184 valence electrons. The Bertz CT molecular complexity index is 1350. The molecular formula is C25H23N5O5S. The van der Waals surface area contributed by atoms with E-state index in [4.69, 9.17) is 14.6 Å². The Morgan fingerprint density at radius 2 is 2.03 bits per heavy atom. The van der Waals surface area contributed by atoms with Crippen molar-refractivity contribution in [3.8, 4) is 11.3 Å². The predicted octanol–water partition coefficient (Wildman–Crippen LogP) is 3.75. The van der Waals surface area contributed by atoms with Crippen LogP contribution in [0, 0.1) is 5.41 Å². The number of esters is 1. The summed E-state index contributed by atoms with van der Waals surface area (Å²) in [4.78, 5) is 43.1. The number of hydrogen-bond donors (Lipinski definition) is 1. The summed E-state index contributed by atoms with van der Waals surface area (Å²) in [5.41, 5.74) is 1.10. The first-order valence-corrected chi connectivity index (χ1v) is 12.4. The molecule has 11 heteroatoms. The minimum atomic E-state index is -0.580. The monoisotopic (exact) mass is 505 g/mol. The molecular weight excluding hydrogens is 482 g/mol. The molecule has 36 heavy (non-hydrogen) atoms. The van der Waals surface area contributed by atoms with E-state index in [2.05, 4.69) is 10.1 Å². The number of amides is 2. The van der Waals surface area contributed by atoms with Gasteiger partial charge in [0.25, 0.3) is 5.91 Å². The van der Waals surface area contributed by atoms with Crippen LogP contribution in [0.5, 0.6) is 0 Å². The maximum absolute atomic E-state index is 12.7. The van der Waals surface area contributed by atoms with Crippen molar-refractivity contribution >= 4 is 51.7 Å². The first-order valence-electron chi connectivity index (χ1n) is 11.6. The van der Waals surface area contributed by atoms with E-state index in [-0.39, 0.29) is 35.5 Å². The normalized spacial score (nSPS) is 18.4. The van der Waals surface area contributed by atoms with Crippen LogP contribution in [0.25, 0.3) is 17.4 Å². The second-order valence-electron chi connectivity index (χ2n) is 8.28. The number of likely N-dealkylation sites (tertiary alicyclic amines) is 1. The smallest absolute Gasteiger partial charge is 0.338 e. The van der Waals surface area contributed by atoms with E-state index in [9.17, 15) is 14.4 Å². The summed E-state index contributed by atoms with van der Waals surface area (Å²) < 4.78 is 10.9. The zero-order valence-electron chi connectivity index (χ0n) is 19.5. The van der Waals surface area contributed by atoms with Crippen LogP contribution in [0.1, 0.15) is 42.3 Å². The number of hydrogen-bond acceptors (Lipinski definition) is 8. The molecule has 0 radical (unpaired) electrons. The molecule has 0 atom stereocenters. The summed E-state index contributed by atoms with van der Waals surface area (Å²) in [7, 11) is 0. The second-order valence-corrected chi connectivity index (χ2v) is 9.32. The molecule has 0 aliphatic carbocycles. The molecule has 0 bridgehead atoms. The molecule has 3 aliphatic rings. The first-order chi connectivity index (χ1) is 17.4. The average molecular weight is 506 g/mol. The lowest BCUT2D eigenvalue weighted by Gasteiger charge is -2.19. The third-order valence-corrected chi connectivity index (χ3v) is 6.74. The van der Waals surface area contributed by atoms with E-state index < -0.39 is 11.9 Å². The number of fused-ring (bicyclic) bond motifs is 1. The third kappa shape index (κ3) is 4.74. The van der Waals surface area contributed by atoms with E-state index in [0.717, 1.165) is 37.7 Å². The quantitative estimate of drug-likeness (QED) is 0.468. The van der Waals surface area contributed by atoms with Crippen molar-refractivity contribution in [3.05, 3.63) is 53.3 Å². The molecule has 2 aromatic rings. The predicted molar refractivity (Wildman–Crippen MR) is 136 cm³/mol. The standard InChI is InChI=1S/C25H23N5O5S/c1-2-34-24(33)16-7-5-6-15(12-16)19-9-8-17(35-19)13-18-22(26)30-25(27-23(18)32)36-20(28-30)14-21(31)29-10-3-4-11-29/h5-9,12-13,26H,2-4,10-11,14H2,1H3. The lowest BCUT2D eigenvalue weighted by atomic mass is 10.1. The molecule has 1 N–H and O–H groups in total. The maximum Gasteiger partial charge on any atom is 0.338 e. The fraction of sp³-hybridized carbons (Fsp3) is 0.280. The number of nitrogens with one attached hydrogen (secondary N) is 1. The fourth-order valence-electron chi connectivity index (χ4n) is 4.05. The highest BCUT2D eigenvalue weighted by Crippen LogP contribution is 2.31. The molecule has 1 fully saturated rings. The summed E-state index contributed by atoms with van der Waals surface area (Å²) in [6, 6.07) is 10.2. The average Bonchev–Trinajstić information content (AvgIpc) is 3.63. The zero-order chi connectivity index (χ0) is 25.2. The largest absolute Gasteiger partial charge is 0.462 e. The minimum Gasteiger partial charge on any atom is -0.462 e. The van der Waals surface area contributed by atoms with Gasteiger partial charge in [0.05, 0.1) is 24.2 Å². The Morgan fingerprint density at radius 3 is 2.81 bits per heavy atom. The van der Waals surface area contributed by atoms with Gasteiger partial charge in [0.2, 0.25) is 11.1 Å². The SMILES string of the molecule is CCOC(=O)c1cccc(-c2ccc(C=C3C(=N)N4N=C(CC(=O)N5CCCC5)SC4=NC3=O)o2)c1. The summed E-state index contributed by atoms with van der Waals surface area (Å²) in [5, 5.41) is 14.9. The third-order valence-electron chi connectivity index (χ3n) is 5.83. The van der Waals surface area contributed by atoms with Crippen molar-refractivity contribution in [1.82, 2.24) is 9.91 Å². The summed E-state index contributed by atoms with van der Waals surface area (Å²) in [6.45, 7) is 3.52. The number of amidine groups is 2. The van der Waals surface area contributed by atoms with Gasteiger partial charge in [-0.2, -0.15) is 15.1 Å². The Labute approximate surface area is 211 Å². The zero-order valence-corrected chi connectivity index (χ0v) is 20.3. The highest BCUT2D eigenvalue weighted by molar-refractivity contribution is 8.27. The molecule has 0 saturated carbocycles. The van der Waals surface area contributed by atoms with Gasteiger partial charge in [0, 0.05) is 18.7 Å². The lowest BCUT2D eigenvalue weighted by molar-refractivity contribution is -0.128. The number of hydrazone groups is 1. The van der Waals surface area contributed by atoms with Gasteiger partial charge in [0.15, 0.2) is 5.84 Å². The number of carbonyl (C=O) groups excluding carboxylic acids is 3. The van der Waals surface area contributed by atoms with Gasteiger partial charge in [-0.3, -0.25) is 15.0 Å². The van der Waals surface area contributed by atoms with Gasteiger partial charge in [-0.15, -0.1) is 0 Å². The molecule has 0 unspecified atom stereocenters. The van der Waals surface area contributed by atoms with Gasteiger partial charge in [-0.25, -0.2) is 4.79 Å². The number of thioether (sulfide) groups is 1. The van der Waals surface area contributed by atoms with Crippen molar-refractivity contribution in [3.63, 3.8) is 0 Å². The van der Waals surface area contributed by atoms with E-state index in [0.29, 0.717) is 27.7 Å². The van der Waals surface area contributed by atoms with Gasteiger partial charge in [-0.05, 0) is 61.9 Å². The van der Waals surface area contributed by atoms with Crippen LogP contribution in [0.2, 0.25) is 0 Å². The van der Waals surface area contributed by atoms with Crippen molar-refractivity contribution in [2.24, 2.45) is 10.1 Å². The number of nitrogens with zero attached hydrogens (tertiary/aromatic N) is 4. The number of rotatable bonds is 6. The molecule has 3 aliphatic heterocycles. The summed E-state index contributed by atoms with van der Waals surface area (Å²) in [6.07, 6.45) is 3.57. The molecule has 0 spiro atoms. The number of furan rings is 1. The Hall–Kier alpha value is -3.99. The van der Waals surface area contributed by atoms with Crippen LogP contribution < -0.4 is 0 Å². The summed E-state index contributed by atoms with van der Waals surface area (Å²) in [5.74, 6) is -0.314. The Morgan fingerprint density at radius 1 is 1.22 bits per heavy atom. The van der Waals surface area contributed by atoms with Crippen LogP contribution in [-0.2, 0) is 14.3 Å². The molecule has 1 aromatic heterocycles. The molecule has 2 amide bonds. The van der Waals surface area contributed by atoms with Crippen molar-refractivity contribution in [2.45, 2.75) is 26.2 Å². The molecule has 4 heterocycles. The van der Waals surface area contributed by atoms with Gasteiger partial charge in [-0.1, -0.05) is 12.1 Å². The first kappa shape index (κ1) is 23.7. The van der Waals surface area contributed by atoms with Gasteiger partial charge >= 0.3 is 5.97 Å². The highest BCUT2D eigenvalue weighted by atomic mass is 32.2. The lowest BCUT2D eigenvalue weighted by Crippen LogP contribution is -2.35. The van der Waals surface area contributed by atoms with E-state index in [1.165, 1.54) is 11.1 Å². The van der Waals surface area contributed by atoms with Crippen LogP contribution in [0.15, 0.2) is 56.5 Å². The van der Waals surface area contributed by atoms with E-state index in [1.54, 1.807) is 48.2 Å². The van der Waals surface area contributed by atoms with E-state index in [1.807, 2.05) is 0 Å². The van der Waals surface area contributed by atoms with Gasteiger partial charge < -0.3 is 14.1 Å². The van der Waals surface area contributed by atoms with Crippen molar-refractivity contribution in [2.75, 3.05) is 19.7 Å². The van der Waals surface area contributed by atoms with Crippen molar-refractivity contribution < 1.29 is 23.5 Å². The Balaban J connectivity index is 1.33. The van der Waals surface area contributed by atoms with Crippen LogP contribution in [0.4, 0.5) is 0 Å². The highest BCUT2D eigenvalue weighted by Gasteiger charge is 2.36. The molecule has 10 nitrogen and oxygen atoms in total. The Kier molecular flexibility index (Phi) is 6.55. The van der Waals surface area contributed by atoms with Crippen LogP contribution >= 0.6 is 11.8 Å². The number of benzene rings is 1. The number of ether oxygens (including phenoxy) is 1. The van der Waals surface area contributed by atoms with Crippen molar-refractivity contribution in [1.29, 1.82) is 5.41 Å². The second kappa shape index (κ2) is 9.94. The van der Waals surface area contributed by atoms with Gasteiger partial charge in [0.1, 0.15) is 16.6 Å².